The van der Waals surface area contributed by atoms with Gasteiger partial charge in [-0.2, -0.15) is 0 Å². The Morgan fingerprint density at radius 3 is 1.96 bits per heavy atom. The first-order valence-corrected chi connectivity index (χ1v) is 12.7. The standard InChI is InChI=1S/C24H38NSi/c1-20(2)26(21(3)4,22(5)6)17-14-24(19-25-15-10-11-16-25)18-23-12-8-7-9-13-23/h7-9,12-13,19-22,24H,10-11,15-16,18H2,1-6H3/q+1. The van der Waals surface area contributed by atoms with E-state index >= 15 is 0 Å². The third-order valence-electron chi connectivity index (χ3n) is 6.17. The summed E-state index contributed by atoms with van der Waals surface area (Å²) in [6, 6.07) is 10.9. The zero-order valence-electron chi connectivity index (χ0n) is 17.8. The van der Waals surface area contributed by atoms with Crippen molar-refractivity contribution in [1.29, 1.82) is 0 Å². The molecule has 2 rings (SSSR count). The molecule has 1 aliphatic rings. The van der Waals surface area contributed by atoms with Crippen LogP contribution in [-0.2, 0) is 6.42 Å². The second-order valence-corrected chi connectivity index (χ2v) is 14.4. The van der Waals surface area contributed by atoms with E-state index in [1.165, 1.54) is 31.5 Å². The number of benzene rings is 1. The largest absolute Gasteiger partial charge is 0.238 e. The molecule has 1 aromatic carbocycles. The van der Waals surface area contributed by atoms with Crippen molar-refractivity contribution in [2.45, 2.75) is 77.4 Å². The van der Waals surface area contributed by atoms with Crippen molar-refractivity contribution in [2.75, 3.05) is 13.1 Å². The van der Waals surface area contributed by atoms with Gasteiger partial charge in [0.2, 0.25) is 0 Å². The van der Waals surface area contributed by atoms with E-state index in [0.29, 0.717) is 22.5 Å². The molecule has 1 aromatic rings. The molecule has 26 heavy (non-hydrogen) atoms. The predicted molar refractivity (Wildman–Crippen MR) is 118 cm³/mol. The van der Waals surface area contributed by atoms with Gasteiger partial charge in [-0.25, -0.2) is 4.58 Å². The second-order valence-electron chi connectivity index (χ2n) is 8.85. The molecule has 142 valence electrons. The van der Waals surface area contributed by atoms with Crippen LogP contribution in [-0.4, -0.2) is 32.0 Å². The molecule has 2 heteroatoms. The van der Waals surface area contributed by atoms with E-state index in [2.05, 4.69) is 94.1 Å². The topological polar surface area (TPSA) is 3.01 Å². The number of hydrogen-bond acceptors (Lipinski definition) is 0. The third-order valence-corrected chi connectivity index (χ3v) is 12.5. The number of rotatable bonds is 6. The Hall–Kier alpha value is -1.33. The highest BCUT2D eigenvalue weighted by molar-refractivity contribution is 6.90. The summed E-state index contributed by atoms with van der Waals surface area (Å²) in [5.74, 6) is 4.13. The van der Waals surface area contributed by atoms with Crippen molar-refractivity contribution in [2.24, 2.45) is 5.92 Å². The molecule has 1 saturated heterocycles. The highest BCUT2D eigenvalue weighted by Crippen LogP contribution is 2.40. The molecule has 1 unspecified atom stereocenters. The lowest BCUT2D eigenvalue weighted by atomic mass is 10.0. The van der Waals surface area contributed by atoms with E-state index in [-0.39, 0.29) is 0 Å². The summed E-state index contributed by atoms with van der Waals surface area (Å²) in [5.41, 5.74) is 7.43. The first kappa shape index (κ1) is 21.0. The van der Waals surface area contributed by atoms with Crippen molar-refractivity contribution in [1.82, 2.24) is 0 Å². The Morgan fingerprint density at radius 1 is 0.923 bits per heavy atom. The van der Waals surface area contributed by atoms with E-state index < -0.39 is 8.07 Å². The van der Waals surface area contributed by atoms with E-state index in [1.54, 1.807) is 0 Å². The molecule has 0 aromatic heterocycles. The van der Waals surface area contributed by atoms with Crippen LogP contribution < -0.4 is 0 Å². The fourth-order valence-electron chi connectivity index (χ4n) is 4.80. The van der Waals surface area contributed by atoms with Crippen molar-refractivity contribution in [3.8, 4) is 11.5 Å². The lowest BCUT2D eigenvalue weighted by Gasteiger charge is -2.38. The van der Waals surface area contributed by atoms with Gasteiger partial charge in [0, 0.05) is 12.8 Å². The summed E-state index contributed by atoms with van der Waals surface area (Å²) < 4.78 is 2.51. The average Bonchev–Trinajstić information content (AvgIpc) is 3.08. The lowest BCUT2D eigenvalue weighted by molar-refractivity contribution is -0.503. The molecule has 1 heterocycles. The number of hydrogen-bond donors (Lipinski definition) is 0. The Labute approximate surface area is 162 Å². The predicted octanol–water partition coefficient (Wildman–Crippen LogP) is 5.94. The maximum absolute atomic E-state index is 3.96. The van der Waals surface area contributed by atoms with E-state index in [1.807, 2.05) is 0 Å². The highest BCUT2D eigenvalue weighted by atomic mass is 28.3. The van der Waals surface area contributed by atoms with Gasteiger partial charge >= 0.3 is 0 Å². The fraction of sp³-hybridized carbons (Fsp3) is 0.625. The SMILES string of the molecule is CC(C)[Si](C#CC(C=[N+]1CCCC1)Cc1ccccc1)(C(C)C)C(C)C. The van der Waals surface area contributed by atoms with Gasteiger partial charge in [-0.15, -0.1) is 5.54 Å². The summed E-state index contributed by atoms with van der Waals surface area (Å²) in [6.07, 6.45) is 6.12. The van der Waals surface area contributed by atoms with Crippen LogP contribution in [0.1, 0.15) is 59.9 Å². The molecule has 0 aliphatic carbocycles. The molecule has 0 amide bonds. The van der Waals surface area contributed by atoms with Crippen LogP contribution in [0.25, 0.3) is 0 Å². The minimum atomic E-state index is -1.66. The van der Waals surface area contributed by atoms with Gasteiger partial charge in [0.15, 0.2) is 6.21 Å². The lowest BCUT2D eigenvalue weighted by Crippen LogP contribution is -2.43. The number of nitrogens with zero attached hydrogens (tertiary/aromatic N) is 1. The summed E-state index contributed by atoms with van der Waals surface area (Å²) >= 11 is 0. The molecule has 1 aliphatic heterocycles. The van der Waals surface area contributed by atoms with Gasteiger partial charge < -0.3 is 0 Å². The minimum absolute atomic E-state index is 0.332. The molecule has 0 saturated carbocycles. The van der Waals surface area contributed by atoms with Gasteiger partial charge in [0.05, 0.1) is 0 Å². The third kappa shape index (κ3) is 5.10. The summed E-state index contributed by atoms with van der Waals surface area (Å²) in [4.78, 5) is 0. The van der Waals surface area contributed by atoms with E-state index in [9.17, 15) is 0 Å². The zero-order chi connectivity index (χ0) is 19.2. The van der Waals surface area contributed by atoms with Crippen LogP contribution in [0.5, 0.6) is 0 Å². The van der Waals surface area contributed by atoms with Crippen LogP contribution in [0.15, 0.2) is 30.3 Å². The quantitative estimate of drug-likeness (QED) is 0.332. The molecule has 0 radical (unpaired) electrons. The molecular formula is C24H38NSi+. The molecule has 1 atom stereocenters. The van der Waals surface area contributed by atoms with E-state index in [4.69, 9.17) is 0 Å². The van der Waals surface area contributed by atoms with Gasteiger partial charge in [-0.05, 0) is 28.6 Å². The monoisotopic (exact) mass is 368 g/mol. The van der Waals surface area contributed by atoms with Gasteiger partial charge in [0.1, 0.15) is 27.1 Å². The minimum Gasteiger partial charge on any atom is -0.238 e. The average molecular weight is 369 g/mol. The van der Waals surface area contributed by atoms with E-state index in [0.717, 1.165) is 6.42 Å². The van der Waals surface area contributed by atoms with Crippen LogP contribution >= 0.6 is 0 Å². The Balaban J connectivity index is 2.36. The molecule has 1 nitrogen and oxygen atoms in total. The highest BCUT2D eigenvalue weighted by Gasteiger charge is 2.41. The molecule has 0 bridgehead atoms. The summed E-state index contributed by atoms with van der Waals surface area (Å²) in [6.45, 7) is 16.8. The van der Waals surface area contributed by atoms with Crippen molar-refractivity contribution in [3.05, 3.63) is 35.9 Å². The first-order chi connectivity index (χ1) is 12.4. The normalized spacial score (nSPS) is 16.1. The molecular weight excluding hydrogens is 330 g/mol. The van der Waals surface area contributed by atoms with Gasteiger partial charge in [-0.1, -0.05) is 77.8 Å². The fourth-order valence-corrected chi connectivity index (χ4v) is 10.1. The summed E-state index contributed by atoms with van der Waals surface area (Å²) in [5, 5.41) is 0. The van der Waals surface area contributed by atoms with Crippen LogP contribution in [0.2, 0.25) is 16.6 Å². The maximum Gasteiger partial charge on any atom is 0.155 e. The van der Waals surface area contributed by atoms with Crippen LogP contribution in [0, 0.1) is 17.4 Å². The Morgan fingerprint density at radius 2 is 1.46 bits per heavy atom. The smallest absolute Gasteiger partial charge is 0.155 e. The van der Waals surface area contributed by atoms with Crippen LogP contribution in [0.3, 0.4) is 0 Å². The van der Waals surface area contributed by atoms with Gasteiger partial charge in [0.25, 0.3) is 0 Å². The summed E-state index contributed by atoms with van der Waals surface area (Å²) in [7, 11) is -1.66. The Bertz CT molecular complexity index is 616. The van der Waals surface area contributed by atoms with Crippen molar-refractivity contribution in [3.63, 3.8) is 0 Å². The van der Waals surface area contributed by atoms with Crippen molar-refractivity contribution < 1.29 is 4.58 Å². The molecule has 1 fully saturated rings. The van der Waals surface area contributed by atoms with Gasteiger partial charge in [-0.3, -0.25) is 0 Å². The van der Waals surface area contributed by atoms with Crippen molar-refractivity contribution >= 4 is 14.3 Å². The first-order valence-electron chi connectivity index (χ1n) is 10.5. The second kappa shape index (κ2) is 9.56. The molecule has 0 N–H and O–H groups in total. The zero-order valence-corrected chi connectivity index (χ0v) is 18.8. The van der Waals surface area contributed by atoms with Crippen LogP contribution in [0.4, 0.5) is 0 Å². The maximum atomic E-state index is 3.96. The molecule has 0 spiro atoms. The Kier molecular flexibility index (Phi) is 7.71.